The van der Waals surface area contributed by atoms with Crippen LogP contribution in [0.1, 0.15) is 10.4 Å². The number of hydrogen-bond acceptors (Lipinski definition) is 3. The first-order valence-electron chi connectivity index (χ1n) is 5.48. The van der Waals surface area contributed by atoms with Crippen LogP contribution in [-0.2, 0) is 11.2 Å². The molecule has 1 aromatic heterocycles. The molecule has 0 spiro atoms. The molecule has 0 radical (unpaired) electrons. The number of carbonyl (C=O) groups is 1. The van der Waals surface area contributed by atoms with Gasteiger partial charge in [-0.1, -0.05) is 36.0 Å². The molecule has 0 aliphatic heterocycles. The van der Waals surface area contributed by atoms with Gasteiger partial charge in [-0.05, 0) is 23.6 Å². The van der Waals surface area contributed by atoms with E-state index >= 15 is 0 Å². The summed E-state index contributed by atoms with van der Waals surface area (Å²) in [6.45, 7) is 0. The number of thiophene rings is 1. The van der Waals surface area contributed by atoms with Crippen LogP contribution in [0.15, 0.2) is 35.7 Å². The maximum absolute atomic E-state index is 11.9. The topological polar surface area (TPSA) is 55.1 Å². The third-order valence-corrected chi connectivity index (χ3v) is 3.88. The Morgan fingerprint density at radius 2 is 2.21 bits per heavy atom. The molecule has 0 bridgehead atoms. The fourth-order valence-corrected chi connectivity index (χ4v) is 2.54. The van der Waals surface area contributed by atoms with Crippen LogP contribution >= 0.6 is 35.2 Å². The molecule has 0 saturated carbocycles. The van der Waals surface area contributed by atoms with E-state index in [1.165, 1.54) is 11.3 Å². The maximum atomic E-state index is 11.9. The van der Waals surface area contributed by atoms with Gasteiger partial charge in [0.05, 0.1) is 17.1 Å². The Morgan fingerprint density at radius 3 is 2.84 bits per heavy atom. The molecule has 0 fully saturated rings. The number of nitrogens with two attached hydrogens (primary N) is 1. The Balaban J connectivity index is 2.11. The lowest BCUT2D eigenvalue weighted by Gasteiger charge is -2.08. The zero-order valence-corrected chi connectivity index (χ0v) is 12.2. The van der Waals surface area contributed by atoms with Gasteiger partial charge in [0, 0.05) is 10.4 Å². The van der Waals surface area contributed by atoms with Gasteiger partial charge in [-0.3, -0.25) is 4.79 Å². The highest BCUT2D eigenvalue weighted by molar-refractivity contribution is 7.80. The number of carbonyl (C=O) groups excluding carboxylic acids is 1. The second-order valence-corrected chi connectivity index (χ2v) is 5.74. The van der Waals surface area contributed by atoms with Crippen molar-refractivity contribution in [2.75, 3.05) is 5.32 Å². The van der Waals surface area contributed by atoms with Crippen molar-refractivity contribution in [3.8, 4) is 0 Å². The molecule has 2 rings (SSSR count). The largest absolute Gasteiger partial charge is 0.389 e. The standard InChI is InChI=1S/C13H11ClN2OS2/c14-10-4-3-8(13(15)18)6-11(10)16-12(17)7-9-2-1-5-19-9/h1-6H,7H2,(H2,15,18)(H,16,17). The minimum atomic E-state index is -0.121. The van der Waals surface area contributed by atoms with E-state index in [-0.39, 0.29) is 10.9 Å². The smallest absolute Gasteiger partial charge is 0.229 e. The van der Waals surface area contributed by atoms with E-state index in [1.54, 1.807) is 18.2 Å². The summed E-state index contributed by atoms with van der Waals surface area (Å²) in [5.41, 5.74) is 6.74. The van der Waals surface area contributed by atoms with Gasteiger partial charge < -0.3 is 11.1 Å². The molecule has 19 heavy (non-hydrogen) atoms. The second kappa shape index (κ2) is 6.14. The molecule has 0 atom stereocenters. The number of amides is 1. The lowest BCUT2D eigenvalue weighted by Crippen LogP contribution is -2.15. The molecule has 2 aromatic rings. The molecular formula is C13H11ClN2OS2. The second-order valence-electron chi connectivity index (χ2n) is 3.86. The van der Waals surface area contributed by atoms with Crippen molar-refractivity contribution < 1.29 is 4.79 Å². The van der Waals surface area contributed by atoms with Crippen LogP contribution < -0.4 is 11.1 Å². The van der Waals surface area contributed by atoms with Crippen molar-refractivity contribution in [2.24, 2.45) is 5.73 Å². The fraction of sp³-hybridized carbons (Fsp3) is 0.0769. The van der Waals surface area contributed by atoms with Crippen LogP contribution in [0.3, 0.4) is 0 Å². The molecule has 0 aliphatic carbocycles. The Kier molecular flexibility index (Phi) is 4.52. The Bertz CT molecular complexity index is 611. The van der Waals surface area contributed by atoms with Gasteiger partial charge in [-0.15, -0.1) is 11.3 Å². The first-order chi connectivity index (χ1) is 9.06. The zero-order valence-electron chi connectivity index (χ0n) is 9.85. The van der Waals surface area contributed by atoms with Crippen molar-refractivity contribution in [1.82, 2.24) is 0 Å². The summed E-state index contributed by atoms with van der Waals surface area (Å²) in [5, 5.41) is 5.16. The van der Waals surface area contributed by atoms with Crippen LogP contribution in [0, 0.1) is 0 Å². The maximum Gasteiger partial charge on any atom is 0.229 e. The van der Waals surface area contributed by atoms with Gasteiger partial charge in [0.1, 0.15) is 4.99 Å². The van der Waals surface area contributed by atoms with Crippen LogP contribution in [0.5, 0.6) is 0 Å². The molecule has 3 N–H and O–H groups in total. The number of anilines is 1. The van der Waals surface area contributed by atoms with Crippen LogP contribution in [0.2, 0.25) is 5.02 Å². The van der Waals surface area contributed by atoms with Crippen molar-refractivity contribution in [3.63, 3.8) is 0 Å². The average Bonchev–Trinajstić information content (AvgIpc) is 2.84. The Hall–Kier alpha value is -1.43. The van der Waals surface area contributed by atoms with E-state index < -0.39 is 0 Å². The van der Waals surface area contributed by atoms with Crippen molar-refractivity contribution in [2.45, 2.75) is 6.42 Å². The summed E-state index contributed by atoms with van der Waals surface area (Å²) in [6, 6.07) is 8.89. The van der Waals surface area contributed by atoms with Gasteiger partial charge in [0.25, 0.3) is 0 Å². The molecule has 0 aliphatic rings. The molecule has 1 amide bonds. The van der Waals surface area contributed by atoms with E-state index in [9.17, 15) is 4.79 Å². The van der Waals surface area contributed by atoms with Crippen LogP contribution in [0.4, 0.5) is 5.69 Å². The molecule has 98 valence electrons. The monoisotopic (exact) mass is 310 g/mol. The molecule has 6 heteroatoms. The third-order valence-electron chi connectivity index (χ3n) is 2.44. The van der Waals surface area contributed by atoms with Crippen LogP contribution in [0.25, 0.3) is 0 Å². The Morgan fingerprint density at radius 1 is 1.42 bits per heavy atom. The molecule has 1 aromatic carbocycles. The first kappa shape index (κ1) is 14.0. The summed E-state index contributed by atoms with van der Waals surface area (Å²) < 4.78 is 0. The third kappa shape index (κ3) is 3.76. The lowest BCUT2D eigenvalue weighted by atomic mass is 10.2. The number of hydrogen-bond donors (Lipinski definition) is 2. The van der Waals surface area contributed by atoms with E-state index in [1.807, 2.05) is 17.5 Å². The highest BCUT2D eigenvalue weighted by Gasteiger charge is 2.09. The molecule has 1 heterocycles. The van der Waals surface area contributed by atoms with Gasteiger partial charge in [0.15, 0.2) is 0 Å². The normalized spacial score (nSPS) is 10.2. The average molecular weight is 311 g/mol. The summed E-state index contributed by atoms with van der Waals surface area (Å²) in [4.78, 5) is 13.2. The number of halogens is 1. The molecule has 3 nitrogen and oxygen atoms in total. The fourth-order valence-electron chi connectivity index (χ4n) is 1.54. The highest BCUT2D eigenvalue weighted by atomic mass is 35.5. The predicted octanol–water partition coefficient (Wildman–Crippen LogP) is 3.22. The summed E-state index contributed by atoms with van der Waals surface area (Å²) in [5.74, 6) is -0.121. The van der Waals surface area contributed by atoms with Crippen molar-refractivity contribution in [1.29, 1.82) is 0 Å². The van der Waals surface area contributed by atoms with E-state index in [0.717, 1.165) is 4.88 Å². The number of nitrogens with one attached hydrogen (secondary N) is 1. The van der Waals surface area contributed by atoms with E-state index in [0.29, 0.717) is 22.7 Å². The summed E-state index contributed by atoms with van der Waals surface area (Å²) >= 11 is 12.5. The summed E-state index contributed by atoms with van der Waals surface area (Å²) in [6.07, 6.45) is 0.325. The van der Waals surface area contributed by atoms with Crippen LogP contribution in [-0.4, -0.2) is 10.9 Å². The lowest BCUT2D eigenvalue weighted by molar-refractivity contribution is -0.115. The molecular weight excluding hydrogens is 300 g/mol. The SMILES string of the molecule is NC(=S)c1ccc(Cl)c(NC(=O)Cc2cccs2)c1. The van der Waals surface area contributed by atoms with E-state index in [2.05, 4.69) is 5.32 Å². The highest BCUT2D eigenvalue weighted by Crippen LogP contribution is 2.23. The predicted molar refractivity (Wildman–Crippen MR) is 84.0 cm³/mol. The minimum Gasteiger partial charge on any atom is -0.389 e. The minimum absolute atomic E-state index is 0.121. The summed E-state index contributed by atoms with van der Waals surface area (Å²) in [7, 11) is 0. The van der Waals surface area contributed by atoms with E-state index in [4.69, 9.17) is 29.6 Å². The van der Waals surface area contributed by atoms with Gasteiger partial charge in [0.2, 0.25) is 5.91 Å². The van der Waals surface area contributed by atoms with Gasteiger partial charge in [-0.25, -0.2) is 0 Å². The number of thiocarbonyl (C=S) groups is 1. The zero-order chi connectivity index (χ0) is 13.8. The first-order valence-corrected chi connectivity index (χ1v) is 7.14. The molecule has 0 saturated heterocycles. The molecule has 0 unspecified atom stereocenters. The van der Waals surface area contributed by atoms with Crippen molar-refractivity contribution in [3.05, 3.63) is 51.2 Å². The van der Waals surface area contributed by atoms with Crippen molar-refractivity contribution >= 4 is 51.7 Å². The van der Waals surface area contributed by atoms with Gasteiger partial charge >= 0.3 is 0 Å². The van der Waals surface area contributed by atoms with Gasteiger partial charge in [-0.2, -0.15) is 0 Å². The quantitative estimate of drug-likeness (QED) is 0.853. The Labute approximate surface area is 125 Å². The number of rotatable bonds is 4. The number of benzene rings is 1.